The van der Waals surface area contributed by atoms with Crippen LogP contribution in [0.15, 0.2) is 24.5 Å². The standard InChI is InChI=1S/C14H21N3/c1-12(15)5-4-6-13-9-14(11-16-10-13)17-7-2-3-8-17/h4,6,9-12H,2-3,5,7-8,15H2,1H3/b6-4+/t12-/m0/s1. The number of anilines is 1. The lowest BCUT2D eigenvalue weighted by Crippen LogP contribution is -2.17. The Morgan fingerprint density at radius 3 is 2.88 bits per heavy atom. The topological polar surface area (TPSA) is 42.1 Å². The monoisotopic (exact) mass is 231 g/mol. The van der Waals surface area contributed by atoms with Gasteiger partial charge in [-0.3, -0.25) is 4.98 Å². The molecular weight excluding hydrogens is 210 g/mol. The van der Waals surface area contributed by atoms with Gasteiger partial charge in [0.25, 0.3) is 0 Å². The van der Waals surface area contributed by atoms with Crippen molar-refractivity contribution >= 4 is 11.8 Å². The molecule has 1 aromatic heterocycles. The van der Waals surface area contributed by atoms with E-state index in [2.05, 4.69) is 28.1 Å². The second kappa shape index (κ2) is 5.82. The van der Waals surface area contributed by atoms with E-state index in [1.54, 1.807) is 0 Å². The van der Waals surface area contributed by atoms with E-state index in [1.807, 2.05) is 19.3 Å². The molecule has 2 N–H and O–H groups in total. The molecule has 0 amide bonds. The molecule has 0 aromatic carbocycles. The Balaban J connectivity index is 2.03. The zero-order chi connectivity index (χ0) is 12.1. The zero-order valence-electron chi connectivity index (χ0n) is 10.5. The molecule has 0 aliphatic carbocycles. The fourth-order valence-corrected chi connectivity index (χ4v) is 2.10. The maximum Gasteiger partial charge on any atom is 0.0558 e. The minimum absolute atomic E-state index is 0.223. The first-order valence-electron chi connectivity index (χ1n) is 6.38. The van der Waals surface area contributed by atoms with Crippen LogP contribution in [-0.2, 0) is 0 Å². The van der Waals surface area contributed by atoms with Gasteiger partial charge in [0, 0.05) is 25.3 Å². The number of pyridine rings is 1. The number of hydrogen-bond acceptors (Lipinski definition) is 3. The van der Waals surface area contributed by atoms with Crippen LogP contribution >= 0.6 is 0 Å². The second-order valence-electron chi connectivity index (χ2n) is 4.79. The fourth-order valence-electron chi connectivity index (χ4n) is 2.10. The van der Waals surface area contributed by atoms with Crippen molar-refractivity contribution in [2.75, 3.05) is 18.0 Å². The predicted octanol–water partition coefficient (Wildman–Crippen LogP) is 2.43. The largest absolute Gasteiger partial charge is 0.370 e. The third kappa shape index (κ3) is 3.56. The van der Waals surface area contributed by atoms with Gasteiger partial charge in [0.1, 0.15) is 0 Å². The van der Waals surface area contributed by atoms with Gasteiger partial charge in [-0.15, -0.1) is 0 Å². The smallest absolute Gasteiger partial charge is 0.0558 e. The summed E-state index contributed by atoms with van der Waals surface area (Å²) >= 11 is 0. The molecule has 92 valence electrons. The highest BCUT2D eigenvalue weighted by atomic mass is 15.1. The number of rotatable bonds is 4. The third-order valence-corrected chi connectivity index (χ3v) is 3.03. The van der Waals surface area contributed by atoms with Crippen molar-refractivity contribution in [2.24, 2.45) is 5.73 Å². The normalized spacial score (nSPS) is 17.9. The molecule has 1 aromatic rings. The fraction of sp³-hybridized carbons (Fsp3) is 0.500. The van der Waals surface area contributed by atoms with Crippen LogP contribution in [0, 0.1) is 0 Å². The number of nitrogens with zero attached hydrogens (tertiary/aromatic N) is 2. The molecule has 3 nitrogen and oxygen atoms in total. The molecular formula is C14H21N3. The average Bonchev–Trinajstić information content (AvgIpc) is 2.82. The summed E-state index contributed by atoms with van der Waals surface area (Å²) in [5, 5.41) is 0. The van der Waals surface area contributed by atoms with Crippen molar-refractivity contribution < 1.29 is 0 Å². The summed E-state index contributed by atoms with van der Waals surface area (Å²) in [7, 11) is 0. The molecule has 1 fully saturated rings. The first-order valence-corrected chi connectivity index (χ1v) is 6.38. The Kier molecular flexibility index (Phi) is 4.15. The molecule has 3 heteroatoms. The molecule has 1 saturated heterocycles. The van der Waals surface area contributed by atoms with Crippen LogP contribution in [0.3, 0.4) is 0 Å². The van der Waals surface area contributed by atoms with Crippen LogP contribution in [-0.4, -0.2) is 24.1 Å². The van der Waals surface area contributed by atoms with Gasteiger partial charge in [-0.05, 0) is 37.8 Å². The summed E-state index contributed by atoms with van der Waals surface area (Å²) in [4.78, 5) is 6.70. The zero-order valence-corrected chi connectivity index (χ0v) is 10.5. The molecule has 0 spiro atoms. The van der Waals surface area contributed by atoms with E-state index in [9.17, 15) is 0 Å². The van der Waals surface area contributed by atoms with Gasteiger partial charge < -0.3 is 10.6 Å². The molecule has 0 bridgehead atoms. The van der Waals surface area contributed by atoms with Crippen LogP contribution in [0.1, 0.15) is 31.7 Å². The van der Waals surface area contributed by atoms with Crippen molar-refractivity contribution in [3.63, 3.8) is 0 Å². The average molecular weight is 231 g/mol. The Hall–Kier alpha value is -1.35. The molecule has 0 radical (unpaired) electrons. The van der Waals surface area contributed by atoms with E-state index in [0.29, 0.717) is 0 Å². The summed E-state index contributed by atoms with van der Waals surface area (Å²) in [6.07, 6.45) is 11.6. The first kappa shape index (κ1) is 12.1. The van der Waals surface area contributed by atoms with E-state index >= 15 is 0 Å². The number of nitrogens with two attached hydrogens (primary N) is 1. The highest BCUT2D eigenvalue weighted by molar-refractivity contribution is 5.56. The lowest BCUT2D eigenvalue weighted by atomic mass is 10.2. The lowest BCUT2D eigenvalue weighted by molar-refractivity contribution is 0.759. The molecule has 1 atom stereocenters. The number of hydrogen-bond donors (Lipinski definition) is 1. The SMILES string of the molecule is C[C@H](N)C/C=C/c1cncc(N2CCCC2)c1. The van der Waals surface area contributed by atoms with Gasteiger partial charge in [0.15, 0.2) is 0 Å². The first-order chi connectivity index (χ1) is 8.25. The van der Waals surface area contributed by atoms with Crippen molar-refractivity contribution in [1.29, 1.82) is 0 Å². The van der Waals surface area contributed by atoms with Gasteiger partial charge in [0.05, 0.1) is 11.9 Å². The van der Waals surface area contributed by atoms with E-state index in [1.165, 1.54) is 18.5 Å². The van der Waals surface area contributed by atoms with Crippen LogP contribution in [0.4, 0.5) is 5.69 Å². The molecule has 2 rings (SSSR count). The summed E-state index contributed by atoms with van der Waals surface area (Å²) in [6, 6.07) is 2.43. The van der Waals surface area contributed by atoms with E-state index in [-0.39, 0.29) is 6.04 Å². The molecule has 1 aliphatic heterocycles. The second-order valence-corrected chi connectivity index (χ2v) is 4.79. The minimum atomic E-state index is 0.223. The third-order valence-electron chi connectivity index (χ3n) is 3.03. The Morgan fingerprint density at radius 1 is 1.41 bits per heavy atom. The van der Waals surface area contributed by atoms with E-state index < -0.39 is 0 Å². The summed E-state index contributed by atoms with van der Waals surface area (Å²) in [6.45, 7) is 4.34. The molecule has 2 heterocycles. The van der Waals surface area contributed by atoms with Crippen molar-refractivity contribution in [2.45, 2.75) is 32.2 Å². The van der Waals surface area contributed by atoms with Gasteiger partial charge in [-0.1, -0.05) is 12.2 Å². The van der Waals surface area contributed by atoms with Crippen LogP contribution in [0.2, 0.25) is 0 Å². The molecule has 1 aliphatic rings. The van der Waals surface area contributed by atoms with Crippen molar-refractivity contribution in [1.82, 2.24) is 4.98 Å². The maximum atomic E-state index is 5.71. The van der Waals surface area contributed by atoms with Crippen LogP contribution < -0.4 is 10.6 Å². The highest BCUT2D eigenvalue weighted by Gasteiger charge is 2.12. The summed E-state index contributed by atoms with van der Waals surface area (Å²) < 4.78 is 0. The van der Waals surface area contributed by atoms with Gasteiger partial charge in [-0.25, -0.2) is 0 Å². The summed E-state index contributed by atoms with van der Waals surface area (Å²) in [5.74, 6) is 0. The van der Waals surface area contributed by atoms with Crippen LogP contribution in [0.5, 0.6) is 0 Å². The highest BCUT2D eigenvalue weighted by Crippen LogP contribution is 2.20. The van der Waals surface area contributed by atoms with Gasteiger partial charge >= 0.3 is 0 Å². The van der Waals surface area contributed by atoms with Gasteiger partial charge in [-0.2, -0.15) is 0 Å². The van der Waals surface area contributed by atoms with E-state index in [0.717, 1.165) is 25.1 Å². The maximum absolute atomic E-state index is 5.71. The van der Waals surface area contributed by atoms with Gasteiger partial charge in [0.2, 0.25) is 0 Å². The van der Waals surface area contributed by atoms with Crippen LogP contribution in [0.25, 0.3) is 6.08 Å². The lowest BCUT2D eigenvalue weighted by Gasteiger charge is -2.17. The number of aromatic nitrogens is 1. The Bertz CT molecular complexity index is 379. The molecule has 17 heavy (non-hydrogen) atoms. The molecule has 0 saturated carbocycles. The minimum Gasteiger partial charge on any atom is -0.370 e. The Morgan fingerprint density at radius 2 is 2.18 bits per heavy atom. The van der Waals surface area contributed by atoms with E-state index in [4.69, 9.17) is 5.73 Å². The quantitative estimate of drug-likeness (QED) is 0.865. The Labute approximate surface area is 103 Å². The molecule has 0 unspecified atom stereocenters. The van der Waals surface area contributed by atoms with Crippen molar-refractivity contribution in [3.8, 4) is 0 Å². The van der Waals surface area contributed by atoms with Crippen molar-refractivity contribution in [3.05, 3.63) is 30.1 Å². The predicted molar refractivity (Wildman–Crippen MR) is 73.0 cm³/mol. The summed E-state index contributed by atoms with van der Waals surface area (Å²) in [5.41, 5.74) is 8.11.